The molecule has 0 bridgehead atoms. The summed E-state index contributed by atoms with van der Waals surface area (Å²) < 4.78 is 5.34. The number of hydrogen-bond donors (Lipinski definition) is 1. The van der Waals surface area contributed by atoms with Gasteiger partial charge in [-0.05, 0) is 57.6 Å². The molecule has 0 aliphatic heterocycles. The van der Waals surface area contributed by atoms with Crippen molar-refractivity contribution < 1.29 is 9.53 Å². The lowest BCUT2D eigenvalue weighted by molar-refractivity contribution is 0.0298. The molecule has 0 saturated heterocycles. The Morgan fingerprint density at radius 3 is 2.57 bits per heavy atom. The third-order valence-corrected chi connectivity index (χ3v) is 4.35. The van der Waals surface area contributed by atoms with Crippen molar-refractivity contribution in [2.24, 2.45) is 0 Å². The molecule has 4 nitrogen and oxygen atoms in total. The molecule has 128 valence electrons. The van der Waals surface area contributed by atoms with Crippen LogP contribution in [0.3, 0.4) is 0 Å². The van der Waals surface area contributed by atoms with Gasteiger partial charge in [0.05, 0.1) is 0 Å². The van der Waals surface area contributed by atoms with Gasteiger partial charge in [0.1, 0.15) is 5.60 Å². The fourth-order valence-electron chi connectivity index (χ4n) is 2.95. The molecule has 0 unspecified atom stereocenters. The van der Waals surface area contributed by atoms with E-state index < -0.39 is 5.60 Å². The Labute approximate surface area is 140 Å². The van der Waals surface area contributed by atoms with Gasteiger partial charge in [-0.3, -0.25) is 0 Å². The van der Waals surface area contributed by atoms with Gasteiger partial charge in [-0.25, -0.2) is 4.79 Å². The number of carbonyl (C=O) groups is 1. The number of hydrogen-bond acceptors (Lipinski definition) is 3. The zero-order valence-corrected chi connectivity index (χ0v) is 15.1. The van der Waals surface area contributed by atoms with Crippen molar-refractivity contribution in [1.29, 1.82) is 0 Å². The predicted molar refractivity (Wildman–Crippen MR) is 93.8 cm³/mol. The van der Waals surface area contributed by atoms with Gasteiger partial charge in [0.2, 0.25) is 0 Å². The van der Waals surface area contributed by atoms with Crippen molar-refractivity contribution in [1.82, 2.24) is 10.2 Å². The Balaban J connectivity index is 1.65. The smallest absolute Gasteiger partial charge is 0.410 e. The zero-order valence-electron chi connectivity index (χ0n) is 15.1. The summed E-state index contributed by atoms with van der Waals surface area (Å²) >= 11 is 0. The number of ether oxygens (including phenoxy) is 1. The van der Waals surface area contributed by atoms with Gasteiger partial charge < -0.3 is 15.0 Å². The molecule has 0 radical (unpaired) electrons. The van der Waals surface area contributed by atoms with Crippen molar-refractivity contribution in [3.05, 3.63) is 35.4 Å². The monoisotopic (exact) mass is 318 g/mol. The maximum Gasteiger partial charge on any atom is 0.410 e. The summed E-state index contributed by atoms with van der Waals surface area (Å²) in [5.74, 6) is 0.678. The Morgan fingerprint density at radius 2 is 1.96 bits per heavy atom. The lowest BCUT2D eigenvalue weighted by atomic mass is 9.74. The van der Waals surface area contributed by atoms with Gasteiger partial charge in [-0.2, -0.15) is 0 Å². The molecule has 0 aromatic heterocycles. The van der Waals surface area contributed by atoms with Crippen molar-refractivity contribution in [2.45, 2.75) is 58.1 Å². The van der Waals surface area contributed by atoms with Crippen LogP contribution in [0.25, 0.3) is 0 Å². The molecular weight excluding hydrogens is 288 g/mol. The molecule has 1 aliphatic rings. The first-order chi connectivity index (χ1) is 10.8. The number of rotatable bonds is 5. The summed E-state index contributed by atoms with van der Waals surface area (Å²) in [6.45, 7) is 9.32. The van der Waals surface area contributed by atoms with Crippen molar-refractivity contribution in [3.8, 4) is 0 Å². The van der Waals surface area contributed by atoms with Crippen molar-refractivity contribution in [3.63, 3.8) is 0 Å². The van der Waals surface area contributed by atoms with Crippen LogP contribution in [0.5, 0.6) is 0 Å². The van der Waals surface area contributed by atoms with Crippen LogP contribution in [0.1, 0.15) is 50.7 Å². The number of benzene rings is 1. The van der Waals surface area contributed by atoms with E-state index in [1.807, 2.05) is 20.8 Å². The Morgan fingerprint density at radius 1 is 1.30 bits per heavy atom. The van der Waals surface area contributed by atoms with E-state index in [2.05, 4.69) is 36.5 Å². The van der Waals surface area contributed by atoms with Gasteiger partial charge in [0.15, 0.2) is 0 Å². The first kappa shape index (κ1) is 17.8. The molecule has 0 spiro atoms. The highest BCUT2D eigenvalue weighted by molar-refractivity contribution is 5.67. The second-order valence-electron chi connectivity index (χ2n) is 7.58. The summed E-state index contributed by atoms with van der Waals surface area (Å²) in [5, 5.41) is 3.54. The van der Waals surface area contributed by atoms with Crippen LogP contribution < -0.4 is 5.32 Å². The van der Waals surface area contributed by atoms with Crippen molar-refractivity contribution >= 4 is 6.09 Å². The van der Waals surface area contributed by atoms with E-state index in [0.717, 1.165) is 6.54 Å². The second-order valence-corrected chi connectivity index (χ2v) is 7.58. The van der Waals surface area contributed by atoms with E-state index in [-0.39, 0.29) is 6.09 Å². The number of nitrogens with zero attached hydrogens (tertiary/aromatic N) is 1. The zero-order chi connectivity index (χ0) is 17.0. The molecule has 1 aromatic rings. The molecule has 1 N–H and O–H groups in total. The number of carbonyl (C=O) groups excluding carboxylic acids is 1. The quantitative estimate of drug-likeness (QED) is 0.900. The summed E-state index contributed by atoms with van der Waals surface area (Å²) in [4.78, 5) is 13.5. The first-order valence-electron chi connectivity index (χ1n) is 8.49. The standard InChI is InChI=1S/C19H30N2O2/c1-14-8-6-7-9-17(14)15-12-16(13-15)20-10-11-21(5)18(22)23-19(2,3)4/h6-9,15-16,20H,10-13H2,1-5H3. The Hall–Kier alpha value is -1.55. The lowest BCUT2D eigenvalue weighted by Crippen LogP contribution is -2.44. The molecular formula is C19H30N2O2. The third kappa shape index (κ3) is 5.24. The maximum atomic E-state index is 11.9. The predicted octanol–water partition coefficient (Wildman–Crippen LogP) is 3.70. The van der Waals surface area contributed by atoms with Crippen LogP contribution >= 0.6 is 0 Å². The van der Waals surface area contributed by atoms with Crippen molar-refractivity contribution in [2.75, 3.05) is 20.1 Å². The molecule has 1 aliphatic carbocycles. The normalized spacial score (nSPS) is 20.7. The summed E-state index contributed by atoms with van der Waals surface area (Å²) in [5.41, 5.74) is 2.44. The topological polar surface area (TPSA) is 41.6 Å². The lowest BCUT2D eigenvalue weighted by Gasteiger charge is -2.37. The average molecular weight is 318 g/mol. The van der Waals surface area contributed by atoms with Crippen LogP contribution in [0.4, 0.5) is 4.79 Å². The second kappa shape index (κ2) is 7.35. The highest BCUT2D eigenvalue weighted by Crippen LogP contribution is 2.38. The van der Waals surface area contributed by atoms with Crippen LogP contribution in [0.15, 0.2) is 24.3 Å². The molecule has 1 saturated carbocycles. The molecule has 0 heterocycles. The number of aryl methyl sites for hydroxylation is 1. The van der Waals surface area contributed by atoms with Gasteiger partial charge in [0.25, 0.3) is 0 Å². The fourth-order valence-corrected chi connectivity index (χ4v) is 2.95. The molecule has 4 heteroatoms. The molecule has 23 heavy (non-hydrogen) atoms. The third-order valence-electron chi connectivity index (χ3n) is 4.35. The number of nitrogens with one attached hydrogen (secondary N) is 1. The van der Waals surface area contributed by atoms with E-state index in [9.17, 15) is 4.79 Å². The SMILES string of the molecule is Cc1ccccc1C1CC(NCCN(C)C(=O)OC(C)(C)C)C1. The summed E-state index contributed by atoms with van der Waals surface area (Å²) in [6.07, 6.45) is 2.10. The summed E-state index contributed by atoms with van der Waals surface area (Å²) in [6, 6.07) is 9.21. The minimum absolute atomic E-state index is 0.259. The van der Waals surface area contributed by atoms with E-state index in [1.165, 1.54) is 24.0 Å². The minimum atomic E-state index is -0.437. The van der Waals surface area contributed by atoms with E-state index in [1.54, 1.807) is 11.9 Å². The number of likely N-dealkylation sites (N-methyl/N-ethyl adjacent to an activating group) is 1. The van der Waals surface area contributed by atoms with E-state index in [4.69, 9.17) is 4.74 Å². The minimum Gasteiger partial charge on any atom is -0.444 e. The van der Waals surface area contributed by atoms with E-state index >= 15 is 0 Å². The number of amides is 1. The largest absolute Gasteiger partial charge is 0.444 e. The highest BCUT2D eigenvalue weighted by Gasteiger charge is 2.30. The maximum absolute atomic E-state index is 11.9. The van der Waals surface area contributed by atoms with Gasteiger partial charge in [0, 0.05) is 26.2 Å². The first-order valence-corrected chi connectivity index (χ1v) is 8.49. The Kier molecular flexibility index (Phi) is 5.69. The average Bonchev–Trinajstić information content (AvgIpc) is 2.40. The van der Waals surface area contributed by atoms with Crippen LogP contribution in [-0.4, -0.2) is 42.8 Å². The molecule has 1 aromatic carbocycles. The Bertz CT molecular complexity index is 530. The molecule has 1 amide bonds. The van der Waals surface area contributed by atoms with E-state index in [0.29, 0.717) is 18.5 Å². The van der Waals surface area contributed by atoms with Crippen LogP contribution in [0, 0.1) is 6.92 Å². The fraction of sp³-hybridized carbons (Fsp3) is 0.632. The van der Waals surface area contributed by atoms with Crippen LogP contribution in [0.2, 0.25) is 0 Å². The molecule has 0 atom stereocenters. The highest BCUT2D eigenvalue weighted by atomic mass is 16.6. The molecule has 2 rings (SSSR count). The van der Waals surface area contributed by atoms with Crippen LogP contribution in [-0.2, 0) is 4.74 Å². The van der Waals surface area contributed by atoms with Gasteiger partial charge >= 0.3 is 6.09 Å². The van der Waals surface area contributed by atoms with Gasteiger partial charge in [-0.15, -0.1) is 0 Å². The summed E-state index contributed by atoms with van der Waals surface area (Å²) in [7, 11) is 1.78. The molecule has 1 fully saturated rings. The van der Waals surface area contributed by atoms with Gasteiger partial charge in [-0.1, -0.05) is 24.3 Å².